The fourth-order valence-electron chi connectivity index (χ4n) is 4.34. The predicted molar refractivity (Wildman–Crippen MR) is 106 cm³/mol. The molecule has 2 aromatic carbocycles. The molecule has 1 amide bonds. The van der Waals surface area contributed by atoms with Gasteiger partial charge in [0.1, 0.15) is 30.1 Å². The fourth-order valence-corrected chi connectivity index (χ4v) is 4.34. The summed E-state index contributed by atoms with van der Waals surface area (Å²) in [7, 11) is 0. The van der Waals surface area contributed by atoms with Gasteiger partial charge in [0.15, 0.2) is 0 Å². The van der Waals surface area contributed by atoms with Crippen LogP contribution in [0.4, 0.5) is 22.0 Å². The van der Waals surface area contributed by atoms with E-state index in [0.717, 1.165) is 6.07 Å². The molecule has 2 aliphatic heterocycles. The molecule has 2 fully saturated rings. The number of fused-ring (bicyclic) bond motifs is 1. The second-order valence-corrected chi connectivity index (χ2v) is 8.02. The van der Waals surface area contributed by atoms with E-state index < -0.39 is 42.2 Å². The van der Waals surface area contributed by atoms with Crippen molar-refractivity contribution >= 4 is 5.91 Å². The molecular formula is C23H22F5NO4. The number of amides is 1. The van der Waals surface area contributed by atoms with Crippen LogP contribution >= 0.6 is 0 Å². The van der Waals surface area contributed by atoms with Gasteiger partial charge in [0.05, 0.1) is 13.2 Å². The van der Waals surface area contributed by atoms with Crippen LogP contribution in [0, 0.1) is 11.6 Å². The monoisotopic (exact) mass is 471 g/mol. The number of aryl methyl sites for hydroxylation is 1. The van der Waals surface area contributed by atoms with Gasteiger partial charge in [-0.2, -0.15) is 0 Å². The molecule has 4 rings (SSSR count). The van der Waals surface area contributed by atoms with Crippen LogP contribution in [0.25, 0.3) is 0 Å². The molecule has 2 saturated heterocycles. The number of piperidine rings is 1. The van der Waals surface area contributed by atoms with E-state index in [0.29, 0.717) is 18.5 Å². The molecule has 0 N–H and O–H groups in total. The Morgan fingerprint density at radius 3 is 2.73 bits per heavy atom. The van der Waals surface area contributed by atoms with Crippen molar-refractivity contribution < 1.29 is 41.0 Å². The van der Waals surface area contributed by atoms with Crippen LogP contribution in [0.1, 0.15) is 34.3 Å². The molecule has 0 spiro atoms. The van der Waals surface area contributed by atoms with Crippen molar-refractivity contribution in [3.05, 3.63) is 70.8 Å². The lowest BCUT2D eigenvalue weighted by Gasteiger charge is -2.42. The molecular weight excluding hydrogens is 449 g/mol. The first-order valence-corrected chi connectivity index (χ1v) is 10.5. The van der Waals surface area contributed by atoms with E-state index in [2.05, 4.69) is 4.74 Å². The van der Waals surface area contributed by atoms with Crippen LogP contribution in [0.5, 0.6) is 0 Å². The van der Waals surface area contributed by atoms with Crippen LogP contribution in [0.3, 0.4) is 0 Å². The molecule has 10 heteroatoms. The number of carbonyl (C=O) groups is 1. The second-order valence-electron chi connectivity index (χ2n) is 8.02. The van der Waals surface area contributed by atoms with Crippen LogP contribution in [-0.2, 0) is 26.2 Å². The number of hydrogen-bond donors (Lipinski definition) is 0. The Hall–Kier alpha value is -2.56. The van der Waals surface area contributed by atoms with Gasteiger partial charge in [0, 0.05) is 18.5 Å². The average molecular weight is 471 g/mol. The van der Waals surface area contributed by atoms with E-state index in [9.17, 15) is 26.7 Å². The molecule has 0 aliphatic carbocycles. The molecule has 0 radical (unpaired) electrons. The standard InChI is InChI=1S/C23H22F5NO4/c24-18-5-1-4-17(12-18)22-8-9-29(13-20(22)31-14-33-22)21(30)16-7-6-15(19(25)11-16)3-2-10-32-23(26,27)28/h1,4-7,11-12,20H,2-3,8-10,13-14H2. The van der Waals surface area contributed by atoms with Crippen molar-refractivity contribution in [1.29, 1.82) is 0 Å². The van der Waals surface area contributed by atoms with Gasteiger partial charge >= 0.3 is 6.36 Å². The second kappa shape index (κ2) is 9.36. The Balaban J connectivity index is 1.40. The molecule has 178 valence electrons. The van der Waals surface area contributed by atoms with Gasteiger partial charge in [-0.15, -0.1) is 13.2 Å². The molecule has 0 bridgehead atoms. The number of hydrogen-bond acceptors (Lipinski definition) is 4. The van der Waals surface area contributed by atoms with Crippen LogP contribution in [0.2, 0.25) is 0 Å². The minimum atomic E-state index is -4.72. The molecule has 5 nitrogen and oxygen atoms in total. The van der Waals surface area contributed by atoms with Gasteiger partial charge in [-0.1, -0.05) is 18.2 Å². The lowest BCUT2D eigenvalue weighted by atomic mass is 9.82. The quantitative estimate of drug-likeness (QED) is 0.458. The zero-order valence-electron chi connectivity index (χ0n) is 17.5. The number of alkyl halides is 3. The zero-order valence-corrected chi connectivity index (χ0v) is 17.5. The first kappa shape index (κ1) is 23.6. The van der Waals surface area contributed by atoms with Crippen molar-refractivity contribution in [3.8, 4) is 0 Å². The number of halogens is 5. The number of likely N-dealkylation sites (tertiary alicyclic amines) is 1. The van der Waals surface area contributed by atoms with E-state index >= 15 is 0 Å². The molecule has 0 saturated carbocycles. The van der Waals surface area contributed by atoms with Crippen molar-refractivity contribution in [1.82, 2.24) is 4.90 Å². The zero-order chi connectivity index (χ0) is 23.6. The highest BCUT2D eigenvalue weighted by atomic mass is 19.4. The number of nitrogens with zero attached hydrogens (tertiary/aromatic N) is 1. The highest BCUT2D eigenvalue weighted by Crippen LogP contribution is 2.42. The molecule has 2 atom stereocenters. The van der Waals surface area contributed by atoms with Crippen LogP contribution < -0.4 is 0 Å². The summed E-state index contributed by atoms with van der Waals surface area (Å²) in [6, 6.07) is 10.0. The molecule has 33 heavy (non-hydrogen) atoms. The average Bonchev–Trinajstić information content (AvgIpc) is 3.21. The topological polar surface area (TPSA) is 48.0 Å². The number of benzene rings is 2. The molecule has 2 aromatic rings. The summed E-state index contributed by atoms with van der Waals surface area (Å²) in [5.74, 6) is -1.46. The van der Waals surface area contributed by atoms with Gasteiger partial charge in [0.25, 0.3) is 5.91 Å². The number of ether oxygens (including phenoxy) is 3. The van der Waals surface area contributed by atoms with E-state index in [1.807, 2.05) is 0 Å². The maximum atomic E-state index is 14.5. The van der Waals surface area contributed by atoms with Crippen LogP contribution in [-0.4, -0.2) is 49.8 Å². The highest BCUT2D eigenvalue weighted by Gasteiger charge is 2.51. The Morgan fingerprint density at radius 2 is 2.00 bits per heavy atom. The summed E-state index contributed by atoms with van der Waals surface area (Å²) >= 11 is 0. The summed E-state index contributed by atoms with van der Waals surface area (Å²) in [5, 5.41) is 0. The molecule has 2 heterocycles. The first-order valence-electron chi connectivity index (χ1n) is 10.5. The summed E-state index contributed by atoms with van der Waals surface area (Å²) in [6.07, 6.45) is -4.81. The third-order valence-corrected chi connectivity index (χ3v) is 6.00. The number of rotatable bonds is 6. The van der Waals surface area contributed by atoms with Crippen molar-refractivity contribution in [2.45, 2.75) is 37.3 Å². The van der Waals surface area contributed by atoms with E-state index in [4.69, 9.17) is 9.47 Å². The van der Waals surface area contributed by atoms with Crippen molar-refractivity contribution in [3.63, 3.8) is 0 Å². The fraction of sp³-hybridized carbons (Fsp3) is 0.435. The highest BCUT2D eigenvalue weighted by molar-refractivity contribution is 5.94. The minimum absolute atomic E-state index is 0.0168. The Labute approximate surface area is 187 Å². The van der Waals surface area contributed by atoms with Gasteiger partial charge in [-0.25, -0.2) is 8.78 Å². The lowest BCUT2D eigenvalue weighted by Crippen LogP contribution is -2.53. The molecule has 2 unspecified atom stereocenters. The summed E-state index contributed by atoms with van der Waals surface area (Å²) < 4.78 is 79.5. The Kier molecular flexibility index (Phi) is 6.69. The summed E-state index contributed by atoms with van der Waals surface area (Å²) in [4.78, 5) is 14.5. The molecule has 2 aliphatic rings. The van der Waals surface area contributed by atoms with Gasteiger partial charge in [-0.05, 0) is 48.2 Å². The predicted octanol–water partition coefficient (Wildman–Crippen LogP) is 4.55. The minimum Gasteiger partial charge on any atom is -0.347 e. The smallest absolute Gasteiger partial charge is 0.347 e. The first-order chi connectivity index (χ1) is 15.7. The van der Waals surface area contributed by atoms with Crippen molar-refractivity contribution in [2.24, 2.45) is 0 Å². The van der Waals surface area contributed by atoms with Gasteiger partial charge < -0.3 is 14.4 Å². The maximum Gasteiger partial charge on any atom is 0.522 e. The van der Waals surface area contributed by atoms with E-state index in [1.54, 1.807) is 12.1 Å². The largest absolute Gasteiger partial charge is 0.522 e. The Morgan fingerprint density at radius 1 is 1.18 bits per heavy atom. The maximum absolute atomic E-state index is 14.5. The van der Waals surface area contributed by atoms with Crippen LogP contribution in [0.15, 0.2) is 42.5 Å². The van der Waals surface area contributed by atoms with Gasteiger partial charge in [-0.3, -0.25) is 9.53 Å². The Bertz CT molecular complexity index is 1010. The lowest BCUT2D eigenvalue weighted by molar-refractivity contribution is -0.324. The SMILES string of the molecule is O=C(c1ccc(CCCOC(F)(F)F)c(F)c1)N1CCC2(c3cccc(F)c3)OCOC2C1. The van der Waals surface area contributed by atoms with E-state index in [1.165, 1.54) is 29.2 Å². The van der Waals surface area contributed by atoms with E-state index in [-0.39, 0.29) is 37.3 Å². The number of carbonyl (C=O) groups excluding carboxylic acids is 1. The summed E-state index contributed by atoms with van der Waals surface area (Å²) in [6.45, 7) is -0.0701. The molecule has 0 aromatic heterocycles. The van der Waals surface area contributed by atoms with Crippen molar-refractivity contribution in [2.75, 3.05) is 26.5 Å². The third-order valence-electron chi connectivity index (χ3n) is 6.00. The summed E-state index contributed by atoms with van der Waals surface area (Å²) in [5.41, 5.74) is 0.113. The van der Waals surface area contributed by atoms with Gasteiger partial charge in [0.2, 0.25) is 0 Å². The normalized spacial score (nSPS) is 22.9. The third kappa shape index (κ3) is 5.18.